The fourth-order valence-corrected chi connectivity index (χ4v) is 2.52. The van der Waals surface area contributed by atoms with Gasteiger partial charge in [-0.05, 0) is 25.5 Å². The molecule has 0 bridgehead atoms. The van der Waals surface area contributed by atoms with Gasteiger partial charge in [0.05, 0.1) is 6.61 Å². The number of nitrogen functional groups attached to an aromatic ring is 1. The maximum atomic E-state index is 6.37. The van der Waals surface area contributed by atoms with Crippen LogP contribution in [-0.4, -0.2) is 16.2 Å². The summed E-state index contributed by atoms with van der Waals surface area (Å²) in [7, 11) is 0. The average molecular weight is 287 g/mol. The molecule has 0 amide bonds. The molecule has 0 aliphatic carbocycles. The van der Waals surface area contributed by atoms with Crippen LogP contribution >= 0.6 is 0 Å². The molecule has 1 aromatic heterocycles. The molecule has 4 heteroatoms. The molecule has 114 valence electrons. The van der Waals surface area contributed by atoms with Gasteiger partial charge in [-0.15, -0.1) is 0 Å². The van der Waals surface area contributed by atoms with Crippen molar-refractivity contribution in [3.8, 4) is 17.0 Å². The first-order valence-electron chi connectivity index (χ1n) is 7.68. The number of aromatic nitrogens is 2. The monoisotopic (exact) mass is 287 g/mol. The summed E-state index contributed by atoms with van der Waals surface area (Å²) in [4.78, 5) is 4.80. The average Bonchev–Trinajstić information content (AvgIpc) is 2.78. The maximum Gasteiger partial charge on any atom is 0.131 e. The van der Waals surface area contributed by atoms with Crippen molar-refractivity contribution in [1.82, 2.24) is 9.55 Å². The molecule has 0 saturated carbocycles. The quantitative estimate of drug-likeness (QED) is 0.871. The lowest BCUT2D eigenvalue weighted by Gasteiger charge is -2.11. The third-order valence-corrected chi connectivity index (χ3v) is 3.44. The molecule has 4 nitrogen and oxygen atoms in total. The van der Waals surface area contributed by atoms with E-state index in [-0.39, 0.29) is 0 Å². The molecule has 0 saturated heterocycles. The Balaban J connectivity index is 2.57. The Hall–Kier alpha value is -1.97. The highest BCUT2D eigenvalue weighted by atomic mass is 16.5. The van der Waals surface area contributed by atoms with Gasteiger partial charge in [0.25, 0.3) is 0 Å². The van der Waals surface area contributed by atoms with Crippen LogP contribution in [0.5, 0.6) is 5.75 Å². The van der Waals surface area contributed by atoms with Crippen LogP contribution in [0.15, 0.2) is 24.3 Å². The van der Waals surface area contributed by atoms with E-state index in [0.29, 0.717) is 12.5 Å². The molecule has 0 atom stereocenters. The lowest BCUT2D eigenvalue weighted by atomic mass is 10.1. The third kappa shape index (κ3) is 3.04. The van der Waals surface area contributed by atoms with Gasteiger partial charge < -0.3 is 15.0 Å². The van der Waals surface area contributed by atoms with Crippen LogP contribution in [0.1, 0.15) is 45.9 Å². The van der Waals surface area contributed by atoms with Crippen LogP contribution in [0.2, 0.25) is 0 Å². The van der Waals surface area contributed by atoms with Crippen molar-refractivity contribution in [2.45, 2.75) is 46.6 Å². The van der Waals surface area contributed by atoms with Gasteiger partial charge in [0, 0.05) is 18.0 Å². The zero-order valence-corrected chi connectivity index (χ0v) is 13.4. The number of rotatable bonds is 6. The molecular weight excluding hydrogens is 262 g/mol. The molecule has 0 aliphatic heterocycles. The minimum atomic E-state index is 0.340. The predicted molar refractivity (Wildman–Crippen MR) is 87.6 cm³/mol. The summed E-state index contributed by atoms with van der Waals surface area (Å²) in [5.41, 5.74) is 8.17. The summed E-state index contributed by atoms with van der Waals surface area (Å²) in [5.74, 6) is 2.94. The van der Waals surface area contributed by atoms with E-state index in [9.17, 15) is 0 Å². The minimum absolute atomic E-state index is 0.340. The molecule has 2 aromatic rings. The van der Waals surface area contributed by atoms with Crippen molar-refractivity contribution in [3.63, 3.8) is 0 Å². The normalized spacial score (nSPS) is 11.1. The highest BCUT2D eigenvalue weighted by molar-refractivity contribution is 5.76. The van der Waals surface area contributed by atoms with Crippen molar-refractivity contribution >= 4 is 5.82 Å². The Labute approximate surface area is 127 Å². The summed E-state index contributed by atoms with van der Waals surface area (Å²) in [6, 6.07) is 7.94. The van der Waals surface area contributed by atoms with E-state index in [1.807, 2.05) is 31.2 Å². The SMILES string of the molecule is CCCn1c(C(C)C)nc(-c2ccccc2OCC)c1N. The summed E-state index contributed by atoms with van der Waals surface area (Å²) in [5, 5.41) is 0. The molecule has 0 radical (unpaired) electrons. The Bertz CT molecular complexity index is 602. The van der Waals surface area contributed by atoms with Crippen LogP contribution in [0.4, 0.5) is 5.82 Å². The zero-order chi connectivity index (χ0) is 15.4. The first kappa shape index (κ1) is 15.4. The van der Waals surface area contributed by atoms with Crippen LogP contribution in [0.25, 0.3) is 11.3 Å². The van der Waals surface area contributed by atoms with Crippen LogP contribution in [-0.2, 0) is 6.54 Å². The molecule has 1 heterocycles. The van der Waals surface area contributed by atoms with Gasteiger partial charge in [-0.2, -0.15) is 0 Å². The summed E-state index contributed by atoms with van der Waals surface area (Å²) >= 11 is 0. The van der Waals surface area contributed by atoms with Gasteiger partial charge >= 0.3 is 0 Å². The first-order chi connectivity index (χ1) is 10.1. The molecule has 0 unspecified atom stereocenters. The number of hydrogen-bond donors (Lipinski definition) is 1. The van der Waals surface area contributed by atoms with Gasteiger partial charge in [-0.1, -0.05) is 32.9 Å². The Kier molecular flexibility index (Phi) is 4.89. The largest absolute Gasteiger partial charge is 0.493 e. The highest BCUT2D eigenvalue weighted by Gasteiger charge is 2.20. The number of para-hydroxylation sites is 1. The summed E-state index contributed by atoms with van der Waals surface area (Å²) in [6.45, 7) is 9.94. The van der Waals surface area contributed by atoms with Gasteiger partial charge in [0.2, 0.25) is 0 Å². The molecule has 2 N–H and O–H groups in total. The molecule has 1 aromatic carbocycles. The Morgan fingerprint density at radius 1 is 1.24 bits per heavy atom. The number of hydrogen-bond acceptors (Lipinski definition) is 3. The van der Waals surface area contributed by atoms with Gasteiger partial charge in [-0.25, -0.2) is 4.98 Å². The van der Waals surface area contributed by atoms with E-state index in [1.54, 1.807) is 0 Å². The molecule has 0 spiro atoms. The number of nitrogens with zero attached hydrogens (tertiary/aromatic N) is 2. The zero-order valence-electron chi connectivity index (χ0n) is 13.4. The van der Waals surface area contributed by atoms with Gasteiger partial charge in [0.15, 0.2) is 0 Å². The van der Waals surface area contributed by atoms with Gasteiger partial charge in [0.1, 0.15) is 23.1 Å². The molecule has 21 heavy (non-hydrogen) atoms. The van der Waals surface area contributed by atoms with Crippen molar-refractivity contribution in [2.75, 3.05) is 12.3 Å². The van der Waals surface area contributed by atoms with E-state index in [1.165, 1.54) is 0 Å². The Morgan fingerprint density at radius 3 is 2.57 bits per heavy atom. The molecule has 0 fully saturated rings. The third-order valence-electron chi connectivity index (χ3n) is 3.44. The van der Waals surface area contributed by atoms with Crippen molar-refractivity contribution in [3.05, 3.63) is 30.1 Å². The van der Waals surface area contributed by atoms with Crippen molar-refractivity contribution < 1.29 is 4.74 Å². The maximum absolute atomic E-state index is 6.37. The summed E-state index contributed by atoms with van der Waals surface area (Å²) < 4.78 is 7.84. The fraction of sp³-hybridized carbons (Fsp3) is 0.471. The van der Waals surface area contributed by atoms with Crippen LogP contribution in [0, 0.1) is 0 Å². The summed E-state index contributed by atoms with van der Waals surface area (Å²) in [6.07, 6.45) is 1.03. The number of imidazole rings is 1. The van der Waals surface area contributed by atoms with E-state index in [4.69, 9.17) is 15.5 Å². The lowest BCUT2D eigenvalue weighted by Crippen LogP contribution is -2.08. The first-order valence-corrected chi connectivity index (χ1v) is 7.68. The fourth-order valence-electron chi connectivity index (χ4n) is 2.52. The van der Waals surface area contributed by atoms with E-state index in [0.717, 1.165) is 41.6 Å². The molecule has 0 aliphatic rings. The van der Waals surface area contributed by atoms with Crippen molar-refractivity contribution in [2.24, 2.45) is 0 Å². The van der Waals surface area contributed by atoms with Crippen LogP contribution < -0.4 is 10.5 Å². The van der Waals surface area contributed by atoms with E-state index >= 15 is 0 Å². The van der Waals surface area contributed by atoms with Crippen LogP contribution in [0.3, 0.4) is 0 Å². The lowest BCUT2D eigenvalue weighted by molar-refractivity contribution is 0.341. The predicted octanol–water partition coefficient (Wildman–Crippen LogP) is 4.06. The number of ether oxygens (including phenoxy) is 1. The van der Waals surface area contributed by atoms with Gasteiger partial charge in [-0.3, -0.25) is 0 Å². The molecular formula is C17H25N3O. The second kappa shape index (κ2) is 6.66. The van der Waals surface area contributed by atoms with E-state index in [2.05, 4.69) is 25.3 Å². The van der Waals surface area contributed by atoms with Crippen molar-refractivity contribution in [1.29, 1.82) is 0 Å². The minimum Gasteiger partial charge on any atom is -0.493 e. The van der Waals surface area contributed by atoms with E-state index < -0.39 is 0 Å². The second-order valence-corrected chi connectivity index (χ2v) is 5.44. The number of nitrogens with two attached hydrogens (primary N) is 1. The standard InChI is InChI=1S/C17H25N3O/c1-5-11-20-16(18)15(19-17(20)12(3)4)13-9-7-8-10-14(13)21-6-2/h7-10,12H,5-6,11,18H2,1-4H3. The molecule has 2 rings (SSSR count). The second-order valence-electron chi connectivity index (χ2n) is 5.44. The number of benzene rings is 1. The number of anilines is 1. The smallest absolute Gasteiger partial charge is 0.131 e. The Morgan fingerprint density at radius 2 is 1.95 bits per heavy atom. The topological polar surface area (TPSA) is 53.1 Å². The highest BCUT2D eigenvalue weighted by Crippen LogP contribution is 2.35.